The predicted molar refractivity (Wildman–Crippen MR) is 98.1 cm³/mol. The highest BCUT2D eigenvalue weighted by Gasteiger charge is 2.24. The third-order valence-electron chi connectivity index (χ3n) is 4.17. The molecule has 0 saturated carbocycles. The molecule has 134 valence electrons. The molecule has 0 aliphatic carbocycles. The largest absolute Gasteiger partial charge is 0.348 e. The van der Waals surface area contributed by atoms with Crippen LogP contribution in [0.2, 0.25) is 0 Å². The normalized spacial score (nSPS) is 11.9. The summed E-state index contributed by atoms with van der Waals surface area (Å²) in [5, 5.41) is 3.74. The molecule has 0 aliphatic rings. The van der Waals surface area contributed by atoms with Crippen molar-refractivity contribution in [1.82, 2.24) is 25.2 Å². The molecule has 1 aromatic carbocycles. The first-order chi connectivity index (χ1) is 12.5. The second kappa shape index (κ2) is 7.77. The second-order valence-corrected chi connectivity index (χ2v) is 6.22. The minimum absolute atomic E-state index is 0.157. The number of nitrogens with zero attached hydrogens (tertiary/aromatic N) is 3. The van der Waals surface area contributed by atoms with Crippen LogP contribution in [0.3, 0.4) is 0 Å². The lowest BCUT2D eigenvalue weighted by molar-refractivity contribution is -0.135. The van der Waals surface area contributed by atoms with E-state index in [0.717, 1.165) is 22.2 Å². The van der Waals surface area contributed by atoms with Gasteiger partial charge in [-0.15, -0.1) is 0 Å². The number of H-pyrrole nitrogens is 1. The van der Waals surface area contributed by atoms with Gasteiger partial charge in [-0.05, 0) is 17.7 Å². The molecular formula is C19H21N5O2. The van der Waals surface area contributed by atoms with Crippen LogP contribution < -0.4 is 5.32 Å². The molecule has 3 aromatic rings. The summed E-state index contributed by atoms with van der Waals surface area (Å²) >= 11 is 0. The van der Waals surface area contributed by atoms with E-state index in [-0.39, 0.29) is 11.8 Å². The number of aromatic nitrogens is 3. The number of fused-ring (bicyclic) bond motifs is 1. The fourth-order valence-electron chi connectivity index (χ4n) is 2.97. The summed E-state index contributed by atoms with van der Waals surface area (Å²) in [5.74, 6) is -0.402. The maximum Gasteiger partial charge on any atom is 0.245 e. The van der Waals surface area contributed by atoms with Crippen LogP contribution in [0.15, 0.2) is 49.1 Å². The minimum Gasteiger partial charge on any atom is -0.348 e. The van der Waals surface area contributed by atoms with E-state index in [0.29, 0.717) is 13.0 Å². The summed E-state index contributed by atoms with van der Waals surface area (Å²) in [5.41, 5.74) is 2.69. The summed E-state index contributed by atoms with van der Waals surface area (Å²) in [4.78, 5) is 37.3. The first-order valence-electron chi connectivity index (χ1n) is 8.36. The summed E-state index contributed by atoms with van der Waals surface area (Å²) in [6.07, 6.45) is 5.31. The third kappa shape index (κ3) is 4.05. The van der Waals surface area contributed by atoms with Crippen molar-refractivity contribution in [3.05, 3.63) is 60.3 Å². The zero-order chi connectivity index (χ0) is 18.5. The van der Waals surface area contributed by atoms with Crippen molar-refractivity contribution < 1.29 is 9.59 Å². The summed E-state index contributed by atoms with van der Waals surface area (Å²) in [6.45, 7) is 1.84. The first kappa shape index (κ1) is 17.6. The monoisotopic (exact) mass is 351 g/mol. The van der Waals surface area contributed by atoms with Crippen molar-refractivity contribution in [2.45, 2.75) is 25.9 Å². The highest BCUT2D eigenvalue weighted by molar-refractivity contribution is 5.88. The number of likely N-dealkylation sites (N-methyl/N-ethyl adjacent to an activating group) is 1. The SMILES string of the molecule is CC(=O)N[C@@H](Cc1cnc[nH]1)C(=O)N(C)Cc1cccc2ncccc12. The second-order valence-electron chi connectivity index (χ2n) is 6.22. The van der Waals surface area contributed by atoms with Gasteiger partial charge in [0.05, 0.1) is 11.8 Å². The first-order valence-corrected chi connectivity index (χ1v) is 8.36. The van der Waals surface area contributed by atoms with Crippen LogP contribution in [0, 0.1) is 0 Å². The molecule has 2 aromatic heterocycles. The van der Waals surface area contributed by atoms with Gasteiger partial charge in [-0.3, -0.25) is 14.6 Å². The van der Waals surface area contributed by atoms with Crippen LogP contribution in [-0.2, 0) is 22.6 Å². The Hall–Kier alpha value is -3.22. The molecule has 3 rings (SSSR count). The zero-order valence-corrected chi connectivity index (χ0v) is 14.8. The number of carbonyl (C=O) groups excluding carboxylic acids is 2. The number of imidazole rings is 1. The molecule has 0 fully saturated rings. The lowest BCUT2D eigenvalue weighted by atomic mass is 10.1. The Labute approximate surface area is 151 Å². The average Bonchev–Trinajstić information content (AvgIpc) is 3.13. The number of hydrogen-bond donors (Lipinski definition) is 2. The number of amides is 2. The Balaban J connectivity index is 1.78. The van der Waals surface area contributed by atoms with E-state index >= 15 is 0 Å². The van der Waals surface area contributed by atoms with E-state index in [1.165, 1.54) is 6.92 Å². The van der Waals surface area contributed by atoms with Crippen LogP contribution >= 0.6 is 0 Å². The summed E-state index contributed by atoms with van der Waals surface area (Å²) in [6, 6.07) is 9.08. The van der Waals surface area contributed by atoms with Crippen LogP contribution in [0.4, 0.5) is 0 Å². The van der Waals surface area contributed by atoms with Gasteiger partial charge in [0.1, 0.15) is 6.04 Å². The molecule has 2 amide bonds. The molecule has 2 N–H and O–H groups in total. The van der Waals surface area contributed by atoms with Gasteiger partial charge in [-0.2, -0.15) is 0 Å². The van der Waals surface area contributed by atoms with Gasteiger partial charge in [0.25, 0.3) is 0 Å². The number of pyridine rings is 1. The maximum atomic E-state index is 12.9. The number of hydrogen-bond acceptors (Lipinski definition) is 4. The van der Waals surface area contributed by atoms with Crippen molar-refractivity contribution in [3.8, 4) is 0 Å². The number of rotatable bonds is 6. The molecule has 0 spiro atoms. The maximum absolute atomic E-state index is 12.9. The predicted octanol–water partition coefficient (Wildman–Crippen LogP) is 1.66. The number of carbonyl (C=O) groups is 2. The van der Waals surface area contributed by atoms with E-state index < -0.39 is 6.04 Å². The van der Waals surface area contributed by atoms with Crippen LogP contribution in [-0.4, -0.2) is 44.8 Å². The van der Waals surface area contributed by atoms with E-state index in [1.807, 2.05) is 30.3 Å². The standard InChI is InChI=1S/C19H21N5O2/c1-13(25)23-18(9-15-10-20-12-22-15)19(26)24(2)11-14-5-3-7-17-16(14)6-4-8-21-17/h3-8,10,12,18H,9,11H2,1-2H3,(H,20,22)(H,23,25)/t18-/m0/s1. The molecule has 0 aliphatic heterocycles. The number of benzene rings is 1. The summed E-state index contributed by atoms with van der Waals surface area (Å²) < 4.78 is 0. The topological polar surface area (TPSA) is 91.0 Å². The highest BCUT2D eigenvalue weighted by atomic mass is 16.2. The van der Waals surface area contributed by atoms with Gasteiger partial charge >= 0.3 is 0 Å². The smallest absolute Gasteiger partial charge is 0.245 e. The van der Waals surface area contributed by atoms with Gasteiger partial charge in [0.15, 0.2) is 0 Å². The lowest BCUT2D eigenvalue weighted by Crippen LogP contribution is -2.47. The van der Waals surface area contributed by atoms with Crippen molar-refractivity contribution in [3.63, 3.8) is 0 Å². The van der Waals surface area contributed by atoms with E-state index in [4.69, 9.17) is 0 Å². The fraction of sp³-hybridized carbons (Fsp3) is 0.263. The Kier molecular flexibility index (Phi) is 5.26. The Morgan fingerprint density at radius 1 is 1.27 bits per heavy atom. The molecule has 7 nitrogen and oxygen atoms in total. The van der Waals surface area contributed by atoms with E-state index in [2.05, 4.69) is 20.3 Å². The van der Waals surface area contributed by atoms with Crippen molar-refractivity contribution >= 4 is 22.7 Å². The Bertz CT molecular complexity index is 902. The highest BCUT2D eigenvalue weighted by Crippen LogP contribution is 2.18. The average molecular weight is 351 g/mol. The Morgan fingerprint density at radius 2 is 2.12 bits per heavy atom. The molecule has 1 atom stereocenters. The van der Waals surface area contributed by atoms with Gasteiger partial charge in [0.2, 0.25) is 11.8 Å². The summed E-state index contributed by atoms with van der Waals surface area (Å²) in [7, 11) is 1.74. The molecule has 26 heavy (non-hydrogen) atoms. The minimum atomic E-state index is -0.647. The van der Waals surface area contributed by atoms with Gasteiger partial charge in [-0.1, -0.05) is 18.2 Å². The van der Waals surface area contributed by atoms with Gasteiger partial charge in [-0.25, -0.2) is 4.98 Å². The van der Waals surface area contributed by atoms with Crippen molar-refractivity contribution in [1.29, 1.82) is 0 Å². The zero-order valence-electron chi connectivity index (χ0n) is 14.8. The van der Waals surface area contributed by atoms with Crippen LogP contribution in [0.25, 0.3) is 10.9 Å². The van der Waals surface area contributed by atoms with E-state index in [9.17, 15) is 9.59 Å². The molecule has 0 radical (unpaired) electrons. The third-order valence-corrected chi connectivity index (χ3v) is 4.17. The van der Waals surface area contributed by atoms with E-state index in [1.54, 1.807) is 30.7 Å². The van der Waals surface area contributed by atoms with Crippen LogP contribution in [0.1, 0.15) is 18.2 Å². The van der Waals surface area contributed by atoms with Crippen molar-refractivity contribution in [2.24, 2.45) is 0 Å². The molecule has 0 saturated heterocycles. The van der Waals surface area contributed by atoms with Crippen molar-refractivity contribution in [2.75, 3.05) is 7.05 Å². The fourth-order valence-corrected chi connectivity index (χ4v) is 2.97. The molecular weight excluding hydrogens is 330 g/mol. The van der Waals surface area contributed by atoms with Gasteiger partial charge < -0.3 is 15.2 Å². The number of aromatic amines is 1. The lowest BCUT2D eigenvalue weighted by Gasteiger charge is -2.24. The molecule has 0 bridgehead atoms. The molecule has 2 heterocycles. The quantitative estimate of drug-likeness (QED) is 0.707. The molecule has 7 heteroatoms. The number of nitrogens with one attached hydrogen (secondary N) is 2. The molecule has 0 unspecified atom stereocenters. The van der Waals surface area contributed by atoms with Gasteiger partial charge in [0, 0.05) is 50.4 Å². The van der Waals surface area contributed by atoms with Crippen LogP contribution in [0.5, 0.6) is 0 Å². The Morgan fingerprint density at radius 3 is 2.85 bits per heavy atom.